The van der Waals surface area contributed by atoms with Gasteiger partial charge in [-0.2, -0.15) is 0 Å². The van der Waals surface area contributed by atoms with Crippen LogP contribution in [-0.2, 0) is 0 Å². The van der Waals surface area contributed by atoms with Crippen molar-refractivity contribution in [3.63, 3.8) is 0 Å². The number of hydrogen-bond acceptors (Lipinski definition) is 5. The first kappa shape index (κ1) is 21.6. The highest BCUT2D eigenvalue weighted by molar-refractivity contribution is 5.94. The number of aromatic nitrogens is 4. The number of anilines is 2. The fourth-order valence-electron chi connectivity index (χ4n) is 4.71. The minimum atomic E-state index is 0.302. The second-order valence-electron chi connectivity index (χ2n) is 9.55. The first-order valence-electron chi connectivity index (χ1n) is 11.8. The van der Waals surface area contributed by atoms with Crippen LogP contribution in [0.15, 0.2) is 48.9 Å². The van der Waals surface area contributed by atoms with Crippen molar-refractivity contribution in [3.05, 3.63) is 65.6 Å². The van der Waals surface area contributed by atoms with E-state index in [0.717, 1.165) is 47.2 Å². The van der Waals surface area contributed by atoms with Gasteiger partial charge in [0.05, 0.1) is 5.69 Å². The first-order chi connectivity index (χ1) is 16.0. The average molecular weight is 441 g/mol. The molecule has 0 radical (unpaired) electrons. The van der Waals surface area contributed by atoms with Gasteiger partial charge in [-0.3, -0.25) is 0 Å². The second kappa shape index (κ2) is 8.94. The number of aromatic amines is 1. The monoisotopic (exact) mass is 440 g/mol. The van der Waals surface area contributed by atoms with Gasteiger partial charge in [0.2, 0.25) is 0 Å². The van der Waals surface area contributed by atoms with Crippen LogP contribution < -0.4 is 5.32 Å². The normalized spacial score (nSPS) is 15.4. The van der Waals surface area contributed by atoms with Crippen molar-refractivity contribution in [2.24, 2.45) is 0 Å². The highest BCUT2D eigenvalue weighted by Crippen LogP contribution is 2.37. The number of piperidine rings is 1. The summed E-state index contributed by atoms with van der Waals surface area (Å²) in [7, 11) is 2.20. The van der Waals surface area contributed by atoms with Gasteiger partial charge in [-0.1, -0.05) is 43.7 Å². The Bertz CT molecular complexity index is 1250. The number of hydrogen-bond donors (Lipinski definition) is 2. The molecule has 0 amide bonds. The summed E-state index contributed by atoms with van der Waals surface area (Å²) in [5.74, 6) is 2.43. The number of likely N-dealkylation sites (tertiary alicyclic amines) is 1. The molecule has 4 aromatic rings. The van der Waals surface area contributed by atoms with Crippen LogP contribution >= 0.6 is 0 Å². The minimum Gasteiger partial charge on any atom is -0.346 e. The molecule has 6 heteroatoms. The molecule has 1 aliphatic rings. The summed E-state index contributed by atoms with van der Waals surface area (Å²) in [6.07, 6.45) is 8.30. The van der Waals surface area contributed by atoms with Gasteiger partial charge in [-0.15, -0.1) is 0 Å². The molecule has 4 heterocycles. The van der Waals surface area contributed by atoms with Gasteiger partial charge in [0.15, 0.2) is 5.82 Å². The lowest BCUT2D eigenvalue weighted by molar-refractivity contribution is 0.256. The van der Waals surface area contributed by atoms with E-state index in [4.69, 9.17) is 4.98 Å². The largest absolute Gasteiger partial charge is 0.346 e. The Balaban J connectivity index is 1.55. The highest BCUT2D eigenvalue weighted by atomic mass is 15.1. The zero-order chi connectivity index (χ0) is 22.9. The predicted octanol–water partition coefficient (Wildman–Crippen LogP) is 6.00. The van der Waals surface area contributed by atoms with Crippen LogP contribution in [0.1, 0.15) is 55.2 Å². The first-order valence-corrected chi connectivity index (χ1v) is 11.8. The van der Waals surface area contributed by atoms with Crippen molar-refractivity contribution >= 4 is 22.5 Å². The molecule has 0 spiro atoms. The lowest BCUT2D eigenvalue weighted by Crippen LogP contribution is -2.29. The lowest BCUT2D eigenvalue weighted by atomic mass is 9.89. The quantitative estimate of drug-likeness (QED) is 0.398. The molecule has 0 aliphatic carbocycles. The van der Waals surface area contributed by atoms with Gasteiger partial charge in [0, 0.05) is 35.1 Å². The van der Waals surface area contributed by atoms with Crippen molar-refractivity contribution < 1.29 is 0 Å². The van der Waals surface area contributed by atoms with Crippen LogP contribution in [0, 0.1) is 6.92 Å². The number of aryl methyl sites for hydroxylation is 1. The van der Waals surface area contributed by atoms with E-state index in [9.17, 15) is 0 Å². The summed E-state index contributed by atoms with van der Waals surface area (Å²) in [6.45, 7) is 8.70. The summed E-state index contributed by atoms with van der Waals surface area (Å²) in [6, 6.07) is 10.4. The Kier molecular flexibility index (Phi) is 5.85. The standard InChI is InChI=1S/C27H32N6/c1-17(2)21-15-29-25(20-7-5-18(3)6-8-20)32-26(21)31-23-9-12-28-27-24(23)22(16-30-27)19-10-13-33(4)14-11-19/h5-9,12,15-17,19H,10-11,13-14H2,1-4H3,(H2,28,29,30,31,32). The van der Waals surface area contributed by atoms with Crippen LogP contribution in [0.2, 0.25) is 0 Å². The van der Waals surface area contributed by atoms with E-state index in [0.29, 0.717) is 11.8 Å². The molecule has 33 heavy (non-hydrogen) atoms. The topological polar surface area (TPSA) is 69.7 Å². The molecule has 1 aromatic carbocycles. The number of benzene rings is 1. The molecular formula is C27H32N6. The van der Waals surface area contributed by atoms with Crippen LogP contribution in [0.4, 0.5) is 11.5 Å². The maximum Gasteiger partial charge on any atom is 0.161 e. The number of nitrogens with one attached hydrogen (secondary N) is 2. The lowest BCUT2D eigenvalue weighted by Gasteiger charge is -2.29. The van der Waals surface area contributed by atoms with Gasteiger partial charge in [-0.05, 0) is 63.4 Å². The number of rotatable bonds is 5. The molecule has 3 aromatic heterocycles. The molecule has 0 saturated carbocycles. The van der Waals surface area contributed by atoms with Crippen LogP contribution in [0.5, 0.6) is 0 Å². The molecule has 2 N–H and O–H groups in total. The summed E-state index contributed by atoms with van der Waals surface area (Å²) in [5.41, 5.74) is 6.68. The minimum absolute atomic E-state index is 0.302. The third kappa shape index (κ3) is 4.35. The van der Waals surface area contributed by atoms with Gasteiger partial charge < -0.3 is 15.2 Å². The molecule has 6 nitrogen and oxygen atoms in total. The van der Waals surface area contributed by atoms with Crippen LogP contribution in [0.25, 0.3) is 22.4 Å². The van der Waals surface area contributed by atoms with E-state index >= 15 is 0 Å². The van der Waals surface area contributed by atoms with E-state index in [1.165, 1.54) is 29.4 Å². The number of pyridine rings is 1. The summed E-state index contributed by atoms with van der Waals surface area (Å²) < 4.78 is 0. The Morgan fingerprint density at radius 1 is 1.06 bits per heavy atom. The maximum absolute atomic E-state index is 4.97. The molecule has 0 atom stereocenters. The SMILES string of the molecule is Cc1ccc(-c2ncc(C(C)C)c(Nc3ccnc4[nH]cc(C5CCN(C)CC5)c34)n2)cc1. The van der Waals surface area contributed by atoms with E-state index in [1.54, 1.807) is 0 Å². The average Bonchev–Trinajstić information content (AvgIpc) is 3.25. The zero-order valence-electron chi connectivity index (χ0n) is 19.9. The molecule has 5 rings (SSSR count). The van der Waals surface area contributed by atoms with Crippen molar-refractivity contribution in [1.82, 2.24) is 24.8 Å². The summed E-state index contributed by atoms with van der Waals surface area (Å²) >= 11 is 0. The maximum atomic E-state index is 4.97. The number of nitrogens with zero attached hydrogens (tertiary/aromatic N) is 4. The highest BCUT2D eigenvalue weighted by Gasteiger charge is 2.23. The van der Waals surface area contributed by atoms with Gasteiger partial charge in [0.1, 0.15) is 11.5 Å². The Morgan fingerprint density at radius 3 is 2.55 bits per heavy atom. The van der Waals surface area contributed by atoms with Gasteiger partial charge in [0.25, 0.3) is 0 Å². The Labute approximate surface area is 195 Å². The smallest absolute Gasteiger partial charge is 0.161 e. The van der Waals surface area contributed by atoms with Gasteiger partial charge in [-0.25, -0.2) is 15.0 Å². The molecule has 0 unspecified atom stereocenters. The van der Waals surface area contributed by atoms with Crippen LogP contribution in [0.3, 0.4) is 0 Å². The van der Waals surface area contributed by atoms with E-state index in [1.807, 2.05) is 12.4 Å². The van der Waals surface area contributed by atoms with Crippen molar-refractivity contribution in [2.45, 2.75) is 45.4 Å². The molecule has 1 saturated heterocycles. The van der Waals surface area contributed by atoms with E-state index in [2.05, 4.69) is 89.5 Å². The van der Waals surface area contributed by atoms with Crippen molar-refractivity contribution in [1.29, 1.82) is 0 Å². The van der Waals surface area contributed by atoms with Gasteiger partial charge >= 0.3 is 0 Å². The summed E-state index contributed by atoms with van der Waals surface area (Å²) in [5, 5.41) is 4.85. The van der Waals surface area contributed by atoms with Crippen LogP contribution in [-0.4, -0.2) is 45.0 Å². The number of fused-ring (bicyclic) bond motifs is 1. The third-order valence-corrected chi connectivity index (χ3v) is 6.76. The molecule has 170 valence electrons. The fourth-order valence-corrected chi connectivity index (χ4v) is 4.71. The number of H-pyrrole nitrogens is 1. The molecular weight excluding hydrogens is 408 g/mol. The third-order valence-electron chi connectivity index (χ3n) is 6.76. The van der Waals surface area contributed by atoms with E-state index < -0.39 is 0 Å². The Morgan fingerprint density at radius 2 is 1.82 bits per heavy atom. The van der Waals surface area contributed by atoms with Crippen molar-refractivity contribution in [2.75, 3.05) is 25.5 Å². The molecule has 1 aliphatic heterocycles. The fraction of sp³-hybridized carbons (Fsp3) is 0.370. The molecule has 1 fully saturated rings. The molecule has 0 bridgehead atoms. The predicted molar refractivity (Wildman–Crippen MR) is 135 cm³/mol. The zero-order valence-corrected chi connectivity index (χ0v) is 19.9. The van der Waals surface area contributed by atoms with E-state index in [-0.39, 0.29) is 0 Å². The second-order valence-corrected chi connectivity index (χ2v) is 9.55. The Hall–Kier alpha value is -3.25. The summed E-state index contributed by atoms with van der Waals surface area (Å²) in [4.78, 5) is 20.1. The van der Waals surface area contributed by atoms with Crippen molar-refractivity contribution in [3.8, 4) is 11.4 Å².